The van der Waals surface area contributed by atoms with E-state index in [1.54, 1.807) is 12.1 Å². The first-order chi connectivity index (χ1) is 14.6. The molecular formula is C22H20ClF5N2O. The number of halogens is 6. The first kappa shape index (κ1) is 22.0. The number of anilines is 1. The Hall–Kier alpha value is -2.19. The third-order valence-electron chi connectivity index (χ3n) is 6.30. The smallest absolute Gasteiger partial charge is 0.317 e. The third kappa shape index (κ3) is 3.91. The zero-order chi connectivity index (χ0) is 22.4. The van der Waals surface area contributed by atoms with Gasteiger partial charge in [-0.2, -0.15) is 13.2 Å². The lowest BCUT2D eigenvalue weighted by molar-refractivity contribution is -0.137. The monoisotopic (exact) mass is 458 g/mol. The van der Waals surface area contributed by atoms with Gasteiger partial charge in [0.1, 0.15) is 17.2 Å². The van der Waals surface area contributed by atoms with Gasteiger partial charge in [-0.25, -0.2) is 8.78 Å². The van der Waals surface area contributed by atoms with Crippen LogP contribution in [0.5, 0.6) is 0 Å². The molecule has 2 aliphatic rings. The molecule has 1 N–H and O–H groups in total. The van der Waals surface area contributed by atoms with Gasteiger partial charge in [0.05, 0.1) is 0 Å². The van der Waals surface area contributed by atoms with Crippen LogP contribution in [-0.4, -0.2) is 31.2 Å². The predicted octanol–water partition coefficient (Wildman–Crippen LogP) is 5.61. The topological polar surface area (TPSA) is 32.3 Å². The second kappa shape index (κ2) is 8.06. The molecule has 1 atom stereocenters. The molecule has 1 fully saturated rings. The highest BCUT2D eigenvalue weighted by Gasteiger charge is 2.54. The average molecular weight is 459 g/mol. The summed E-state index contributed by atoms with van der Waals surface area (Å²) in [6.45, 7) is 1.09. The molecule has 2 aliphatic heterocycles. The summed E-state index contributed by atoms with van der Waals surface area (Å²) in [4.78, 5) is 14.6. The molecule has 166 valence electrons. The number of amides is 1. The van der Waals surface area contributed by atoms with E-state index in [9.17, 15) is 26.7 Å². The molecule has 2 aromatic rings. The van der Waals surface area contributed by atoms with E-state index in [1.165, 1.54) is 6.07 Å². The molecule has 0 saturated carbocycles. The number of benzene rings is 2. The molecule has 1 amide bonds. The second-order valence-corrected chi connectivity index (χ2v) is 8.45. The van der Waals surface area contributed by atoms with E-state index in [0.29, 0.717) is 42.2 Å². The van der Waals surface area contributed by atoms with Gasteiger partial charge in [-0.1, -0.05) is 17.7 Å². The molecule has 9 heteroatoms. The molecule has 0 aliphatic carbocycles. The normalized spacial score (nSPS) is 20.2. The number of nitrogens with one attached hydrogen (secondary N) is 1. The Morgan fingerprint density at radius 3 is 2.39 bits per heavy atom. The van der Waals surface area contributed by atoms with Crippen LogP contribution >= 0.6 is 11.6 Å². The minimum atomic E-state index is -4.43. The lowest BCUT2D eigenvalue weighted by Gasteiger charge is -2.42. The highest BCUT2D eigenvalue weighted by atomic mass is 35.5. The van der Waals surface area contributed by atoms with Crippen LogP contribution in [0.4, 0.5) is 27.6 Å². The summed E-state index contributed by atoms with van der Waals surface area (Å²) in [6, 6.07) is 6.88. The third-order valence-corrected chi connectivity index (χ3v) is 6.53. The number of nitrogens with zero attached hydrogens (tertiary/aromatic N) is 1. The molecule has 2 heterocycles. The summed E-state index contributed by atoms with van der Waals surface area (Å²) in [5.41, 5.74) is -0.551. The van der Waals surface area contributed by atoms with Gasteiger partial charge in [-0.15, -0.1) is 0 Å². The fourth-order valence-electron chi connectivity index (χ4n) is 4.97. The van der Waals surface area contributed by atoms with Gasteiger partial charge < -0.3 is 10.2 Å². The van der Waals surface area contributed by atoms with Crippen molar-refractivity contribution in [1.29, 1.82) is 0 Å². The van der Waals surface area contributed by atoms with E-state index in [-0.39, 0.29) is 6.42 Å². The Morgan fingerprint density at radius 2 is 1.77 bits per heavy atom. The van der Waals surface area contributed by atoms with Crippen LogP contribution in [0.25, 0.3) is 0 Å². The van der Waals surface area contributed by atoms with Crippen molar-refractivity contribution in [3.63, 3.8) is 0 Å². The molecule has 1 unspecified atom stereocenters. The van der Waals surface area contributed by atoms with Crippen molar-refractivity contribution in [2.75, 3.05) is 18.0 Å². The zero-order valence-electron chi connectivity index (χ0n) is 16.4. The predicted molar refractivity (Wildman–Crippen MR) is 107 cm³/mol. The summed E-state index contributed by atoms with van der Waals surface area (Å²) in [5, 5.41) is 3.58. The van der Waals surface area contributed by atoms with Crippen molar-refractivity contribution in [2.45, 2.75) is 43.3 Å². The van der Waals surface area contributed by atoms with Gasteiger partial charge in [0.25, 0.3) is 5.91 Å². The van der Waals surface area contributed by atoms with Crippen molar-refractivity contribution in [3.8, 4) is 0 Å². The molecule has 3 nitrogen and oxygen atoms in total. The highest BCUT2D eigenvalue weighted by Crippen LogP contribution is 2.53. The summed E-state index contributed by atoms with van der Waals surface area (Å²) in [7, 11) is 0. The first-order valence-electron chi connectivity index (χ1n) is 9.99. The molecule has 0 bridgehead atoms. The van der Waals surface area contributed by atoms with Crippen LogP contribution in [0.3, 0.4) is 0 Å². The Balaban J connectivity index is 1.87. The van der Waals surface area contributed by atoms with Crippen LogP contribution in [0.2, 0.25) is 5.02 Å². The molecule has 1 saturated heterocycles. The fraction of sp³-hybridized carbons (Fsp3) is 0.409. The zero-order valence-corrected chi connectivity index (χ0v) is 17.2. The maximum absolute atomic E-state index is 14.4. The Kier molecular flexibility index (Phi) is 5.72. The van der Waals surface area contributed by atoms with E-state index < -0.39 is 47.2 Å². The molecular weight excluding hydrogens is 439 g/mol. The van der Waals surface area contributed by atoms with E-state index >= 15 is 0 Å². The minimum absolute atomic E-state index is 0.353. The number of hydrogen-bond donors (Lipinski definition) is 1. The number of carbonyl (C=O) groups excluding carboxylic acids is 1. The summed E-state index contributed by atoms with van der Waals surface area (Å²) >= 11 is 6.20. The number of fused-ring (bicyclic) bond motifs is 2. The Bertz CT molecular complexity index is 984. The standard InChI is InChI=1S/C22H20ClF5N2O/c23-13-4-5-17-14(12-13)21(8-10-29-11-9-21)18(6-7-22(26,27)28)30(17)20(31)19-15(24)2-1-3-16(19)25/h1-5,12,18,29H,6-11H2. The maximum atomic E-state index is 14.4. The van der Waals surface area contributed by atoms with Gasteiger partial charge in [-0.3, -0.25) is 4.79 Å². The molecule has 0 radical (unpaired) electrons. The maximum Gasteiger partial charge on any atom is 0.389 e. The van der Waals surface area contributed by atoms with E-state index in [2.05, 4.69) is 5.32 Å². The Labute approximate surface area is 181 Å². The highest BCUT2D eigenvalue weighted by molar-refractivity contribution is 6.30. The SMILES string of the molecule is O=C(c1c(F)cccc1F)N1c2ccc(Cl)cc2C2(CCNCC2)C1CCC(F)(F)F. The second-order valence-electron chi connectivity index (χ2n) is 8.01. The minimum Gasteiger partial charge on any atom is -0.317 e. The van der Waals surface area contributed by atoms with Gasteiger partial charge in [0.15, 0.2) is 0 Å². The Morgan fingerprint density at radius 1 is 1.13 bits per heavy atom. The largest absolute Gasteiger partial charge is 0.389 e. The number of piperidine rings is 1. The molecule has 0 aromatic heterocycles. The number of hydrogen-bond acceptors (Lipinski definition) is 2. The van der Waals surface area contributed by atoms with Crippen LogP contribution < -0.4 is 10.2 Å². The van der Waals surface area contributed by atoms with Crippen molar-refractivity contribution in [2.24, 2.45) is 0 Å². The molecule has 2 aromatic carbocycles. The van der Waals surface area contributed by atoms with E-state index in [1.807, 2.05) is 0 Å². The van der Waals surface area contributed by atoms with Crippen LogP contribution in [0.1, 0.15) is 41.6 Å². The summed E-state index contributed by atoms with van der Waals surface area (Å²) < 4.78 is 68.4. The fourth-order valence-corrected chi connectivity index (χ4v) is 5.14. The molecule has 4 rings (SSSR count). The van der Waals surface area contributed by atoms with Crippen molar-refractivity contribution >= 4 is 23.2 Å². The average Bonchev–Trinajstić information content (AvgIpc) is 2.95. The van der Waals surface area contributed by atoms with Gasteiger partial charge in [-0.05, 0) is 68.2 Å². The van der Waals surface area contributed by atoms with E-state index in [0.717, 1.165) is 23.1 Å². The molecule has 31 heavy (non-hydrogen) atoms. The van der Waals surface area contributed by atoms with Crippen LogP contribution in [0.15, 0.2) is 36.4 Å². The van der Waals surface area contributed by atoms with E-state index in [4.69, 9.17) is 11.6 Å². The lowest BCUT2D eigenvalue weighted by Crippen LogP contribution is -2.52. The molecule has 1 spiro atoms. The van der Waals surface area contributed by atoms with Gasteiger partial charge in [0, 0.05) is 28.6 Å². The van der Waals surface area contributed by atoms with Crippen molar-refractivity contribution < 1.29 is 26.7 Å². The summed E-state index contributed by atoms with van der Waals surface area (Å²) in [6.07, 6.45) is -4.97. The quantitative estimate of drug-likeness (QED) is 0.606. The number of alkyl halides is 3. The summed E-state index contributed by atoms with van der Waals surface area (Å²) in [5.74, 6) is -3.09. The first-order valence-corrected chi connectivity index (χ1v) is 10.4. The van der Waals surface area contributed by atoms with Gasteiger partial charge in [0.2, 0.25) is 0 Å². The van der Waals surface area contributed by atoms with Crippen molar-refractivity contribution in [1.82, 2.24) is 5.32 Å². The van der Waals surface area contributed by atoms with Crippen LogP contribution in [0, 0.1) is 11.6 Å². The van der Waals surface area contributed by atoms with Crippen LogP contribution in [-0.2, 0) is 5.41 Å². The van der Waals surface area contributed by atoms with Crippen molar-refractivity contribution in [3.05, 3.63) is 64.2 Å². The van der Waals surface area contributed by atoms with Gasteiger partial charge >= 0.3 is 6.18 Å². The lowest BCUT2D eigenvalue weighted by atomic mass is 9.68. The number of rotatable bonds is 3. The number of carbonyl (C=O) groups is 1.